The van der Waals surface area contributed by atoms with Crippen molar-refractivity contribution >= 4 is 34.6 Å². The molecule has 0 unspecified atom stereocenters. The zero-order valence-electron chi connectivity index (χ0n) is 36.4. The smallest absolute Gasteiger partial charge is 0.407 e. The van der Waals surface area contributed by atoms with E-state index in [1.54, 1.807) is 30.3 Å². The van der Waals surface area contributed by atoms with Gasteiger partial charge in [-0.05, 0) is 65.6 Å². The maximum absolute atomic E-state index is 13.2. The highest BCUT2D eigenvalue weighted by Crippen LogP contribution is 2.42. The standard InChI is InChI=1S/C49H58N2O14/c1-2-3-4-5-6-7-8-9-10-11-12-13-42(55)51-37-23-30(15-21-38(37)64-48-46(58)45(57)44(56)41(27-52)65-48)28-62-49(61)50-26-29-14-18-33(36(22-29)47(59)60)43-34-19-16-31(53)24-39(34)63-40-25-32(54)17-20-35(40)43/h14-25,41,44-46,48,52-53,56-58H,2-13,26-28H2,1H3,(H,50,61)(H,51,55)(H,59,60)/t41-,44+,45+,46-,48-/m1/s1. The number of ether oxygens (including phenoxy) is 3. The summed E-state index contributed by atoms with van der Waals surface area (Å²) in [5, 5.41) is 67.2. The molecule has 16 heteroatoms. The predicted octanol–water partition coefficient (Wildman–Crippen LogP) is 7.21. The Bertz CT molecular complexity index is 2430. The second-order valence-electron chi connectivity index (χ2n) is 16.4. The van der Waals surface area contributed by atoms with Gasteiger partial charge in [0, 0.05) is 41.6 Å². The summed E-state index contributed by atoms with van der Waals surface area (Å²) in [5.74, 6) is -1.37. The van der Waals surface area contributed by atoms with Crippen LogP contribution in [0.15, 0.2) is 82.0 Å². The number of alkyl carbamates (subject to hydrolysis) is 1. The van der Waals surface area contributed by atoms with E-state index in [4.69, 9.17) is 18.6 Å². The molecule has 5 atom stereocenters. The summed E-state index contributed by atoms with van der Waals surface area (Å²) in [6, 6.07) is 17.8. The molecule has 65 heavy (non-hydrogen) atoms. The van der Waals surface area contributed by atoms with Gasteiger partial charge in [0.2, 0.25) is 12.2 Å². The largest absolute Gasteiger partial charge is 0.508 e. The molecule has 2 aliphatic heterocycles. The molecule has 1 aliphatic carbocycles. The molecule has 2 heterocycles. The normalized spacial score (nSPS) is 18.4. The maximum Gasteiger partial charge on any atom is 0.407 e. The highest BCUT2D eigenvalue weighted by atomic mass is 16.7. The molecule has 0 aromatic heterocycles. The molecule has 0 spiro atoms. The third kappa shape index (κ3) is 12.8. The van der Waals surface area contributed by atoms with E-state index < -0.39 is 49.4 Å². The summed E-state index contributed by atoms with van der Waals surface area (Å²) in [7, 11) is 0. The molecule has 16 nitrogen and oxygen atoms in total. The molecule has 8 N–H and O–H groups in total. The minimum atomic E-state index is -1.69. The topological polar surface area (TPSA) is 255 Å². The summed E-state index contributed by atoms with van der Waals surface area (Å²) < 4.78 is 22.8. The number of carboxylic acids is 1. The molecule has 0 radical (unpaired) electrons. The third-order valence-corrected chi connectivity index (χ3v) is 11.5. The van der Waals surface area contributed by atoms with E-state index >= 15 is 0 Å². The van der Waals surface area contributed by atoms with Gasteiger partial charge in [-0.3, -0.25) is 9.59 Å². The number of phenols is 1. The van der Waals surface area contributed by atoms with Gasteiger partial charge in [-0.25, -0.2) is 9.59 Å². The van der Waals surface area contributed by atoms with Crippen LogP contribution in [0.3, 0.4) is 0 Å². The number of aromatic carboxylic acids is 1. The number of nitrogens with one attached hydrogen (secondary N) is 2. The zero-order valence-corrected chi connectivity index (χ0v) is 36.4. The summed E-state index contributed by atoms with van der Waals surface area (Å²) in [6.45, 7) is 1.18. The number of aliphatic hydroxyl groups excluding tert-OH is 4. The van der Waals surface area contributed by atoms with Gasteiger partial charge in [0.05, 0.1) is 17.9 Å². The minimum Gasteiger partial charge on any atom is -0.508 e. The van der Waals surface area contributed by atoms with Crippen LogP contribution in [0.4, 0.5) is 10.5 Å². The fourth-order valence-electron chi connectivity index (χ4n) is 7.94. The first-order chi connectivity index (χ1) is 31.4. The van der Waals surface area contributed by atoms with Crippen LogP contribution in [0.1, 0.15) is 105 Å². The van der Waals surface area contributed by atoms with Crippen LogP contribution in [0.2, 0.25) is 0 Å². The minimum absolute atomic E-state index is 0.0479. The first kappa shape index (κ1) is 48.4. The third-order valence-electron chi connectivity index (χ3n) is 11.5. The van der Waals surface area contributed by atoms with E-state index in [1.807, 2.05) is 0 Å². The second kappa shape index (κ2) is 23.2. The number of rotatable bonds is 22. The Morgan fingerprint density at radius 2 is 1.45 bits per heavy atom. The van der Waals surface area contributed by atoms with Crippen molar-refractivity contribution in [1.29, 1.82) is 0 Å². The lowest BCUT2D eigenvalue weighted by atomic mass is 9.90. The average Bonchev–Trinajstić information content (AvgIpc) is 3.29. The van der Waals surface area contributed by atoms with Crippen molar-refractivity contribution in [2.45, 2.75) is 128 Å². The zero-order chi connectivity index (χ0) is 46.5. The number of fused-ring (bicyclic) bond motifs is 2. The summed E-state index contributed by atoms with van der Waals surface area (Å²) in [5.41, 5.74) is 2.17. The van der Waals surface area contributed by atoms with Crippen molar-refractivity contribution in [2.75, 3.05) is 11.9 Å². The van der Waals surface area contributed by atoms with Crippen molar-refractivity contribution in [1.82, 2.24) is 5.32 Å². The van der Waals surface area contributed by atoms with Crippen molar-refractivity contribution in [3.63, 3.8) is 0 Å². The molecular weight excluding hydrogens is 841 g/mol. The van der Waals surface area contributed by atoms with Gasteiger partial charge in [-0.1, -0.05) is 89.3 Å². The maximum atomic E-state index is 13.2. The quantitative estimate of drug-likeness (QED) is 0.0252. The Kier molecular flexibility index (Phi) is 17.3. The molecule has 0 bridgehead atoms. The lowest BCUT2D eigenvalue weighted by Crippen LogP contribution is -2.60. The Hall–Kier alpha value is -6.04. The van der Waals surface area contributed by atoms with E-state index in [0.717, 1.165) is 19.3 Å². The summed E-state index contributed by atoms with van der Waals surface area (Å²) in [4.78, 5) is 51.0. The number of hydrogen-bond acceptors (Lipinski definition) is 13. The Morgan fingerprint density at radius 3 is 2.15 bits per heavy atom. The molecule has 3 aromatic rings. The average molecular weight is 899 g/mol. The highest BCUT2D eigenvalue weighted by Gasteiger charge is 2.45. The van der Waals surface area contributed by atoms with Crippen molar-refractivity contribution < 1.29 is 63.7 Å². The van der Waals surface area contributed by atoms with Crippen LogP contribution in [0.25, 0.3) is 33.4 Å². The van der Waals surface area contributed by atoms with Crippen LogP contribution < -0.4 is 20.8 Å². The molecular formula is C49H58N2O14. The SMILES string of the molecule is CCCCCCCCCCCCCC(=O)Nc1cc(COC(=O)NCc2ccc(-c3c4ccc(=O)cc-4oc4cc(O)ccc34)c(C(=O)O)c2)ccc1O[C@@H]1O[C@H](CO)[C@H](O)[C@H](O)[C@H]1O. The summed E-state index contributed by atoms with van der Waals surface area (Å²) in [6.07, 6.45) is 4.08. The summed E-state index contributed by atoms with van der Waals surface area (Å²) >= 11 is 0. The van der Waals surface area contributed by atoms with Crippen molar-refractivity contribution in [3.05, 3.63) is 99.7 Å². The molecule has 6 rings (SSSR count). The number of unbranched alkanes of at least 4 members (excludes halogenated alkanes) is 10. The van der Waals surface area contributed by atoms with Gasteiger partial charge in [-0.15, -0.1) is 0 Å². The number of carbonyl (C=O) groups is 3. The van der Waals surface area contributed by atoms with E-state index in [-0.39, 0.29) is 65.0 Å². The number of carbonyl (C=O) groups excluding carboxylic acids is 2. The van der Waals surface area contributed by atoms with Gasteiger partial charge in [0.15, 0.2) is 5.43 Å². The molecule has 3 aliphatic rings. The molecule has 0 saturated carbocycles. The predicted molar refractivity (Wildman–Crippen MR) is 241 cm³/mol. The van der Waals surface area contributed by atoms with E-state index in [0.29, 0.717) is 39.6 Å². The number of anilines is 1. The number of aliphatic hydroxyl groups is 4. The number of benzene rings is 4. The van der Waals surface area contributed by atoms with Crippen LogP contribution in [-0.2, 0) is 27.4 Å². The number of phenolic OH excluding ortho intramolecular Hbond substituents is 1. The van der Waals surface area contributed by atoms with Gasteiger partial charge >= 0.3 is 12.1 Å². The number of hydrogen-bond donors (Lipinski definition) is 8. The van der Waals surface area contributed by atoms with Crippen LogP contribution in [0, 0.1) is 0 Å². The molecule has 2 amide bonds. The molecule has 1 fully saturated rings. The number of carboxylic acid groups (broad SMARTS) is 1. The van der Waals surface area contributed by atoms with E-state index in [1.165, 1.54) is 87.4 Å². The van der Waals surface area contributed by atoms with Gasteiger partial charge in [0.25, 0.3) is 0 Å². The van der Waals surface area contributed by atoms with Crippen LogP contribution in [0.5, 0.6) is 11.5 Å². The van der Waals surface area contributed by atoms with E-state index in [2.05, 4.69) is 17.6 Å². The molecule has 3 aromatic carbocycles. The Morgan fingerprint density at radius 1 is 0.754 bits per heavy atom. The van der Waals surface area contributed by atoms with Gasteiger partial charge in [-0.2, -0.15) is 0 Å². The lowest BCUT2D eigenvalue weighted by molar-refractivity contribution is -0.277. The van der Waals surface area contributed by atoms with E-state index in [9.17, 15) is 49.8 Å². The Labute approximate surface area is 376 Å². The molecule has 1 saturated heterocycles. The number of aromatic hydroxyl groups is 1. The molecule has 348 valence electrons. The van der Waals surface area contributed by atoms with Crippen molar-refractivity contribution in [2.24, 2.45) is 0 Å². The lowest BCUT2D eigenvalue weighted by Gasteiger charge is -2.39. The second-order valence-corrected chi connectivity index (χ2v) is 16.4. The van der Waals surface area contributed by atoms with Gasteiger partial charge < -0.3 is 59.9 Å². The van der Waals surface area contributed by atoms with Gasteiger partial charge in [0.1, 0.15) is 53.9 Å². The monoisotopic (exact) mass is 898 g/mol. The van der Waals surface area contributed by atoms with Crippen LogP contribution in [-0.4, -0.2) is 85.9 Å². The fourth-order valence-corrected chi connectivity index (χ4v) is 7.94. The highest BCUT2D eigenvalue weighted by molar-refractivity contribution is 6.07. The number of amides is 2. The van der Waals surface area contributed by atoms with Crippen LogP contribution >= 0.6 is 0 Å². The first-order valence-corrected chi connectivity index (χ1v) is 22.2. The first-order valence-electron chi connectivity index (χ1n) is 22.2. The fraction of sp³-hybridized carbons (Fsp3) is 0.429. The Balaban J connectivity index is 1.10. The van der Waals surface area contributed by atoms with Crippen molar-refractivity contribution in [3.8, 4) is 33.9 Å².